The van der Waals surface area contributed by atoms with Gasteiger partial charge in [0.05, 0.1) is 12.7 Å². The van der Waals surface area contributed by atoms with Gasteiger partial charge in [-0.2, -0.15) is 0 Å². The Bertz CT molecular complexity index is 1120. The third-order valence-electron chi connectivity index (χ3n) is 6.87. The fourth-order valence-electron chi connectivity index (χ4n) is 4.89. The number of allylic oxidation sites excluding steroid dienone is 3. The fraction of sp³-hybridized carbons (Fsp3) is 0.419. The highest BCUT2D eigenvalue weighted by Crippen LogP contribution is 2.47. The van der Waals surface area contributed by atoms with Crippen LogP contribution in [0.1, 0.15) is 97.6 Å². The van der Waals surface area contributed by atoms with Crippen LogP contribution in [0.4, 0.5) is 0 Å². The summed E-state index contributed by atoms with van der Waals surface area (Å²) in [4.78, 5) is 25.1. The summed E-state index contributed by atoms with van der Waals surface area (Å²) < 4.78 is 12.0. The molecule has 35 heavy (non-hydrogen) atoms. The lowest BCUT2D eigenvalue weighted by atomic mass is 9.73. The van der Waals surface area contributed by atoms with Gasteiger partial charge < -0.3 is 9.47 Å². The standard InChI is InChI=1S/C31H38O4/c1-7-8-9-11-23-17-28(34-6)30(27-16-21(4)14-15-26(27)20(2)3)29(18-23)35-31(33)25-13-10-12-24(19-25)22(5)32/h10,12-13,16-19,26-27H,2,7-9,11,14-15H2,1,3-6H3/t26-,27+/m0/s1. The number of hydrogen-bond donors (Lipinski definition) is 0. The summed E-state index contributed by atoms with van der Waals surface area (Å²) in [6.45, 7) is 12.1. The molecule has 2 aromatic carbocycles. The van der Waals surface area contributed by atoms with Gasteiger partial charge in [-0.15, -0.1) is 0 Å². The van der Waals surface area contributed by atoms with Crippen LogP contribution in [0, 0.1) is 5.92 Å². The molecule has 186 valence electrons. The van der Waals surface area contributed by atoms with Crippen molar-refractivity contribution in [1.29, 1.82) is 0 Å². The van der Waals surface area contributed by atoms with Crippen molar-refractivity contribution >= 4 is 11.8 Å². The number of unbranched alkanes of at least 4 members (excludes halogenated alkanes) is 2. The molecule has 4 nitrogen and oxygen atoms in total. The van der Waals surface area contributed by atoms with Crippen molar-refractivity contribution in [3.63, 3.8) is 0 Å². The molecule has 0 bridgehead atoms. The average molecular weight is 475 g/mol. The number of hydrogen-bond acceptors (Lipinski definition) is 4. The van der Waals surface area contributed by atoms with Gasteiger partial charge in [-0.1, -0.05) is 55.7 Å². The van der Waals surface area contributed by atoms with Crippen LogP contribution in [-0.4, -0.2) is 18.9 Å². The minimum atomic E-state index is -0.481. The number of ketones is 1. The Morgan fingerprint density at radius 3 is 2.43 bits per heavy atom. The van der Waals surface area contributed by atoms with E-state index >= 15 is 0 Å². The van der Waals surface area contributed by atoms with Gasteiger partial charge in [-0.05, 0) is 82.2 Å². The first kappa shape index (κ1) is 26.5. The third kappa shape index (κ3) is 6.50. The number of Topliss-reactive ketones (excluding diaryl/α,β-unsaturated/α-hetero) is 1. The van der Waals surface area contributed by atoms with E-state index in [0.29, 0.717) is 16.9 Å². The second kappa shape index (κ2) is 12.0. The maximum atomic E-state index is 13.3. The van der Waals surface area contributed by atoms with E-state index in [1.807, 2.05) is 6.07 Å². The number of aryl methyl sites for hydroxylation is 1. The Labute approximate surface area is 210 Å². The Hall–Kier alpha value is -3.14. The second-order valence-corrected chi connectivity index (χ2v) is 9.72. The SMILES string of the molecule is C=C(C)[C@@H]1CCC(C)=C[C@H]1c1c(OC)cc(CCCCC)cc1OC(=O)c1cccc(C(C)=O)c1. The molecule has 0 saturated heterocycles. The summed E-state index contributed by atoms with van der Waals surface area (Å²) in [7, 11) is 1.67. The van der Waals surface area contributed by atoms with Gasteiger partial charge in [-0.3, -0.25) is 4.79 Å². The molecule has 0 spiro atoms. The van der Waals surface area contributed by atoms with E-state index in [4.69, 9.17) is 9.47 Å². The van der Waals surface area contributed by atoms with Crippen LogP contribution in [0.2, 0.25) is 0 Å². The molecule has 0 N–H and O–H groups in total. The van der Waals surface area contributed by atoms with Crippen molar-refractivity contribution in [2.75, 3.05) is 7.11 Å². The second-order valence-electron chi connectivity index (χ2n) is 9.72. The zero-order valence-electron chi connectivity index (χ0n) is 21.8. The van der Waals surface area contributed by atoms with Crippen LogP contribution in [0.5, 0.6) is 11.5 Å². The molecule has 0 fully saturated rings. The molecule has 0 radical (unpaired) electrons. The Morgan fingerprint density at radius 2 is 1.77 bits per heavy atom. The Morgan fingerprint density at radius 1 is 1.06 bits per heavy atom. The number of methoxy groups -OCH3 is 1. The number of esters is 1. The molecule has 2 atom stereocenters. The smallest absolute Gasteiger partial charge is 0.343 e. The van der Waals surface area contributed by atoms with E-state index in [1.165, 1.54) is 12.5 Å². The molecule has 3 rings (SSSR count). The number of carbonyl (C=O) groups is 2. The highest BCUT2D eigenvalue weighted by atomic mass is 16.5. The number of ether oxygens (including phenoxy) is 2. The summed E-state index contributed by atoms with van der Waals surface area (Å²) in [5, 5.41) is 0. The Kier molecular flexibility index (Phi) is 9.08. The molecule has 1 aliphatic rings. The van der Waals surface area contributed by atoms with Gasteiger partial charge in [0, 0.05) is 17.0 Å². The highest BCUT2D eigenvalue weighted by molar-refractivity contribution is 5.98. The summed E-state index contributed by atoms with van der Waals surface area (Å²) in [5.41, 5.74) is 5.23. The van der Waals surface area contributed by atoms with Crippen molar-refractivity contribution in [3.05, 3.63) is 82.5 Å². The van der Waals surface area contributed by atoms with Crippen molar-refractivity contribution in [1.82, 2.24) is 0 Å². The highest BCUT2D eigenvalue weighted by Gasteiger charge is 2.32. The van der Waals surface area contributed by atoms with Gasteiger partial charge in [0.15, 0.2) is 5.78 Å². The summed E-state index contributed by atoms with van der Waals surface area (Å²) in [6.07, 6.45) is 8.51. The fourth-order valence-corrected chi connectivity index (χ4v) is 4.89. The molecule has 0 aromatic heterocycles. The number of carbonyl (C=O) groups excluding carboxylic acids is 2. The predicted octanol–water partition coefficient (Wildman–Crippen LogP) is 7.87. The minimum absolute atomic E-state index is 0.00671. The lowest BCUT2D eigenvalue weighted by Gasteiger charge is -2.32. The molecular weight excluding hydrogens is 436 g/mol. The van der Waals surface area contributed by atoms with Gasteiger partial charge in [0.2, 0.25) is 0 Å². The van der Waals surface area contributed by atoms with Gasteiger partial charge in [0.25, 0.3) is 0 Å². The maximum Gasteiger partial charge on any atom is 0.343 e. The molecular formula is C31H38O4. The first-order valence-electron chi connectivity index (χ1n) is 12.6. The summed E-state index contributed by atoms with van der Waals surface area (Å²) in [5.74, 6) is 0.930. The molecule has 0 heterocycles. The first-order chi connectivity index (χ1) is 16.7. The zero-order valence-corrected chi connectivity index (χ0v) is 21.8. The van der Waals surface area contributed by atoms with E-state index in [0.717, 1.165) is 61.0 Å². The molecule has 0 unspecified atom stereocenters. The van der Waals surface area contributed by atoms with Crippen molar-refractivity contribution in [3.8, 4) is 11.5 Å². The quantitative estimate of drug-likeness (QED) is 0.116. The monoisotopic (exact) mass is 474 g/mol. The van der Waals surface area contributed by atoms with Crippen LogP contribution >= 0.6 is 0 Å². The molecule has 0 amide bonds. The summed E-state index contributed by atoms with van der Waals surface area (Å²) >= 11 is 0. The molecule has 0 aliphatic heterocycles. The predicted molar refractivity (Wildman–Crippen MR) is 142 cm³/mol. The van der Waals surface area contributed by atoms with Crippen LogP contribution in [-0.2, 0) is 6.42 Å². The Balaban J connectivity index is 2.10. The minimum Gasteiger partial charge on any atom is -0.496 e. The molecule has 4 heteroatoms. The molecule has 0 saturated carbocycles. The normalized spacial score (nSPS) is 17.5. The van der Waals surface area contributed by atoms with Gasteiger partial charge >= 0.3 is 5.97 Å². The maximum absolute atomic E-state index is 13.3. The third-order valence-corrected chi connectivity index (χ3v) is 6.87. The zero-order chi connectivity index (χ0) is 25.5. The van der Waals surface area contributed by atoms with Crippen LogP contribution < -0.4 is 9.47 Å². The lowest BCUT2D eigenvalue weighted by molar-refractivity contribution is 0.0732. The van der Waals surface area contributed by atoms with Crippen molar-refractivity contribution in [2.24, 2.45) is 5.92 Å². The van der Waals surface area contributed by atoms with E-state index in [9.17, 15) is 9.59 Å². The van der Waals surface area contributed by atoms with E-state index in [-0.39, 0.29) is 17.6 Å². The van der Waals surface area contributed by atoms with Crippen molar-refractivity contribution in [2.45, 2.75) is 72.1 Å². The van der Waals surface area contributed by atoms with Crippen LogP contribution in [0.15, 0.2) is 60.2 Å². The number of rotatable bonds is 10. The van der Waals surface area contributed by atoms with Gasteiger partial charge in [0.1, 0.15) is 11.5 Å². The van der Waals surface area contributed by atoms with Crippen LogP contribution in [0.3, 0.4) is 0 Å². The average Bonchev–Trinajstić information content (AvgIpc) is 2.83. The largest absolute Gasteiger partial charge is 0.496 e. The lowest BCUT2D eigenvalue weighted by Crippen LogP contribution is -2.20. The summed E-state index contributed by atoms with van der Waals surface area (Å²) in [6, 6.07) is 10.8. The van der Waals surface area contributed by atoms with E-state index in [1.54, 1.807) is 31.4 Å². The van der Waals surface area contributed by atoms with Crippen molar-refractivity contribution < 1.29 is 19.1 Å². The van der Waals surface area contributed by atoms with Crippen LogP contribution in [0.25, 0.3) is 0 Å². The topological polar surface area (TPSA) is 52.6 Å². The number of benzene rings is 2. The molecule has 1 aliphatic carbocycles. The first-order valence-corrected chi connectivity index (χ1v) is 12.6. The van der Waals surface area contributed by atoms with E-state index in [2.05, 4.69) is 39.5 Å². The molecule has 2 aromatic rings. The van der Waals surface area contributed by atoms with E-state index < -0.39 is 5.97 Å². The van der Waals surface area contributed by atoms with Gasteiger partial charge in [-0.25, -0.2) is 4.79 Å².